The minimum Gasteiger partial charge on any atom is -0.319 e. The minimum atomic E-state index is -0.842. The highest BCUT2D eigenvalue weighted by Gasteiger charge is 2.10. The summed E-state index contributed by atoms with van der Waals surface area (Å²) in [5, 5.41) is 2.56. The van der Waals surface area contributed by atoms with Crippen LogP contribution in [0.2, 0.25) is 5.15 Å². The van der Waals surface area contributed by atoms with Crippen molar-refractivity contribution in [3.05, 3.63) is 58.9 Å². The lowest BCUT2D eigenvalue weighted by Crippen LogP contribution is -2.13. The second-order valence-electron chi connectivity index (χ2n) is 3.45. The molecular weight excluding hydrogens is 262 g/mol. The van der Waals surface area contributed by atoms with Gasteiger partial charge in [0.25, 0.3) is 5.91 Å². The zero-order valence-electron chi connectivity index (χ0n) is 8.95. The largest absolute Gasteiger partial charge is 0.319 e. The van der Waals surface area contributed by atoms with Gasteiger partial charge in [0.15, 0.2) is 0 Å². The lowest BCUT2D eigenvalue weighted by molar-refractivity contribution is 0.102. The standard InChI is InChI=1S/C12H7ClF2N2O/c13-11-4-1-7(6-16-11)12(18)17-10-3-2-8(14)5-9(10)15/h1-6H,(H,17,18). The molecule has 0 aliphatic heterocycles. The minimum absolute atomic E-state index is 0.101. The normalized spacial score (nSPS) is 10.2. The molecule has 0 saturated heterocycles. The number of rotatable bonds is 2. The van der Waals surface area contributed by atoms with E-state index >= 15 is 0 Å². The summed E-state index contributed by atoms with van der Waals surface area (Å²) in [5.74, 6) is -2.10. The van der Waals surface area contributed by atoms with E-state index in [-0.39, 0.29) is 16.4 Å². The van der Waals surface area contributed by atoms with Gasteiger partial charge in [-0.1, -0.05) is 11.6 Å². The third kappa shape index (κ3) is 2.81. The molecule has 1 amide bonds. The molecule has 1 N–H and O–H groups in total. The van der Waals surface area contributed by atoms with Crippen molar-refractivity contribution in [2.24, 2.45) is 0 Å². The fourth-order valence-electron chi connectivity index (χ4n) is 1.30. The molecule has 0 spiro atoms. The molecule has 2 rings (SSSR count). The number of benzene rings is 1. The van der Waals surface area contributed by atoms with Crippen molar-refractivity contribution in [1.29, 1.82) is 0 Å². The van der Waals surface area contributed by atoms with E-state index in [4.69, 9.17) is 11.6 Å². The first-order valence-corrected chi connectivity index (χ1v) is 5.32. The smallest absolute Gasteiger partial charge is 0.257 e. The number of halogens is 3. The Hall–Kier alpha value is -2.01. The molecule has 92 valence electrons. The average molecular weight is 269 g/mol. The van der Waals surface area contributed by atoms with Crippen LogP contribution in [0.3, 0.4) is 0 Å². The Morgan fingerprint density at radius 2 is 2.00 bits per heavy atom. The Labute approximate surface area is 106 Å². The molecule has 3 nitrogen and oxygen atoms in total. The van der Waals surface area contributed by atoms with Crippen molar-refractivity contribution < 1.29 is 13.6 Å². The number of hydrogen-bond acceptors (Lipinski definition) is 2. The summed E-state index contributed by atoms with van der Waals surface area (Å²) in [5.41, 5.74) is 0.125. The van der Waals surface area contributed by atoms with E-state index in [0.717, 1.165) is 12.1 Å². The average Bonchev–Trinajstić information content (AvgIpc) is 2.33. The van der Waals surface area contributed by atoms with Gasteiger partial charge in [0.2, 0.25) is 0 Å². The number of pyridine rings is 1. The maximum Gasteiger partial charge on any atom is 0.257 e. The molecule has 1 heterocycles. The van der Waals surface area contributed by atoms with Gasteiger partial charge < -0.3 is 5.32 Å². The SMILES string of the molecule is O=C(Nc1ccc(F)cc1F)c1ccc(Cl)nc1. The topological polar surface area (TPSA) is 42.0 Å². The molecule has 1 aromatic carbocycles. The first kappa shape index (κ1) is 12.4. The number of nitrogens with one attached hydrogen (secondary N) is 1. The second-order valence-corrected chi connectivity index (χ2v) is 3.84. The van der Waals surface area contributed by atoms with Crippen molar-refractivity contribution >= 4 is 23.2 Å². The number of nitrogens with zero attached hydrogens (tertiary/aromatic N) is 1. The van der Waals surface area contributed by atoms with Crippen LogP contribution in [-0.2, 0) is 0 Å². The quantitative estimate of drug-likeness (QED) is 0.850. The van der Waals surface area contributed by atoms with Crippen LogP contribution in [-0.4, -0.2) is 10.9 Å². The van der Waals surface area contributed by atoms with Crippen LogP contribution >= 0.6 is 11.6 Å². The fraction of sp³-hybridized carbons (Fsp3) is 0. The fourth-order valence-corrected chi connectivity index (χ4v) is 1.41. The third-order valence-electron chi connectivity index (χ3n) is 2.17. The van der Waals surface area contributed by atoms with E-state index < -0.39 is 17.5 Å². The van der Waals surface area contributed by atoms with Crippen LogP contribution in [0.25, 0.3) is 0 Å². The molecule has 2 aromatic rings. The van der Waals surface area contributed by atoms with Gasteiger partial charge in [-0.05, 0) is 24.3 Å². The van der Waals surface area contributed by atoms with E-state index in [0.29, 0.717) is 6.07 Å². The highest BCUT2D eigenvalue weighted by atomic mass is 35.5. The van der Waals surface area contributed by atoms with Gasteiger partial charge in [-0.15, -0.1) is 0 Å². The Balaban J connectivity index is 2.18. The Morgan fingerprint density at radius 3 is 2.61 bits per heavy atom. The number of amides is 1. The van der Waals surface area contributed by atoms with Gasteiger partial charge in [-0.25, -0.2) is 13.8 Å². The molecule has 0 radical (unpaired) electrons. The molecule has 6 heteroatoms. The van der Waals surface area contributed by atoms with Crippen LogP contribution in [0.15, 0.2) is 36.5 Å². The Morgan fingerprint density at radius 1 is 1.22 bits per heavy atom. The summed E-state index contributed by atoms with van der Waals surface area (Å²) in [6, 6.07) is 5.78. The van der Waals surface area contributed by atoms with Crippen molar-refractivity contribution in [3.63, 3.8) is 0 Å². The molecule has 0 atom stereocenters. The van der Waals surface area contributed by atoms with E-state index in [1.807, 2.05) is 0 Å². The van der Waals surface area contributed by atoms with Gasteiger partial charge in [0.05, 0.1) is 11.3 Å². The van der Waals surface area contributed by atoms with E-state index in [9.17, 15) is 13.6 Å². The van der Waals surface area contributed by atoms with Crippen molar-refractivity contribution in [3.8, 4) is 0 Å². The van der Waals surface area contributed by atoms with E-state index in [1.165, 1.54) is 18.3 Å². The van der Waals surface area contributed by atoms with Crippen molar-refractivity contribution in [2.45, 2.75) is 0 Å². The number of carbonyl (C=O) groups excluding carboxylic acids is 1. The summed E-state index contributed by atoms with van der Waals surface area (Å²) < 4.78 is 26.0. The maximum atomic E-state index is 13.3. The monoisotopic (exact) mass is 268 g/mol. The van der Waals surface area contributed by atoms with Crippen LogP contribution in [0.5, 0.6) is 0 Å². The van der Waals surface area contributed by atoms with Crippen LogP contribution < -0.4 is 5.32 Å². The zero-order valence-corrected chi connectivity index (χ0v) is 9.71. The number of aromatic nitrogens is 1. The van der Waals surface area contributed by atoms with Gasteiger partial charge in [0.1, 0.15) is 16.8 Å². The first-order chi connectivity index (χ1) is 8.56. The summed E-state index contributed by atoms with van der Waals surface area (Å²) in [6.45, 7) is 0. The number of carbonyl (C=O) groups is 1. The third-order valence-corrected chi connectivity index (χ3v) is 2.39. The van der Waals surface area contributed by atoms with Crippen LogP contribution in [0.1, 0.15) is 10.4 Å². The number of anilines is 1. The predicted molar refractivity (Wildman–Crippen MR) is 63.6 cm³/mol. The van der Waals surface area contributed by atoms with Gasteiger partial charge in [-0.2, -0.15) is 0 Å². The number of hydrogen-bond donors (Lipinski definition) is 1. The van der Waals surface area contributed by atoms with E-state index in [2.05, 4.69) is 10.3 Å². The summed E-state index contributed by atoms with van der Waals surface area (Å²) in [4.78, 5) is 15.4. The molecule has 1 aromatic heterocycles. The molecule has 0 fully saturated rings. The lowest BCUT2D eigenvalue weighted by atomic mass is 10.2. The van der Waals surface area contributed by atoms with E-state index in [1.54, 1.807) is 0 Å². The van der Waals surface area contributed by atoms with Gasteiger partial charge in [0, 0.05) is 12.3 Å². The molecule has 0 bridgehead atoms. The molecular formula is C12H7ClF2N2O. The first-order valence-electron chi connectivity index (χ1n) is 4.94. The summed E-state index contributed by atoms with van der Waals surface area (Å²) >= 11 is 5.57. The lowest BCUT2D eigenvalue weighted by Gasteiger charge is -2.06. The van der Waals surface area contributed by atoms with Crippen molar-refractivity contribution in [2.75, 3.05) is 5.32 Å². The molecule has 0 saturated carbocycles. The highest BCUT2D eigenvalue weighted by molar-refractivity contribution is 6.29. The Bertz CT molecular complexity index is 587. The molecule has 18 heavy (non-hydrogen) atoms. The van der Waals surface area contributed by atoms with Gasteiger partial charge >= 0.3 is 0 Å². The summed E-state index contributed by atoms with van der Waals surface area (Å²) in [7, 11) is 0. The summed E-state index contributed by atoms with van der Waals surface area (Å²) in [6.07, 6.45) is 1.26. The highest BCUT2D eigenvalue weighted by Crippen LogP contribution is 2.16. The molecule has 0 aliphatic rings. The Kier molecular flexibility index (Phi) is 3.53. The maximum absolute atomic E-state index is 13.3. The van der Waals surface area contributed by atoms with Crippen LogP contribution in [0.4, 0.5) is 14.5 Å². The molecule has 0 aliphatic carbocycles. The molecule has 0 unspecified atom stereocenters. The van der Waals surface area contributed by atoms with Gasteiger partial charge in [-0.3, -0.25) is 4.79 Å². The predicted octanol–water partition coefficient (Wildman–Crippen LogP) is 3.27. The second kappa shape index (κ2) is 5.10. The van der Waals surface area contributed by atoms with Crippen molar-refractivity contribution in [1.82, 2.24) is 4.98 Å². The van der Waals surface area contributed by atoms with Crippen LogP contribution in [0, 0.1) is 11.6 Å². The zero-order chi connectivity index (χ0) is 13.1.